The summed E-state index contributed by atoms with van der Waals surface area (Å²) in [5.41, 5.74) is -0.850. The minimum atomic E-state index is -3.52. The Bertz CT molecular complexity index is 767. The van der Waals surface area contributed by atoms with Crippen LogP contribution in [0.3, 0.4) is 0 Å². The molecule has 2 saturated heterocycles. The standard InChI is InChI=1S/C15H20Cl2N2O5S/c16-10-1-2-12(21)13(14(10)17)11-3-9(4-18-11)5-25(23,24)19-6-15(22,7-19)8-20/h1-2,9,11,18,20-22H,3-8H2/t9-,11-/m1/s1. The van der Waals surface area contributed by atoms with E-state index in [1.54, 1.807) is 0 Å². The summed E-state index contributed by atoms with van der Waals surface area (Å²) in [7, 11) is -3.52. The predicted octanol–water partition coefficient (Wildman–Crippen LogP) is 0.718. The Morgan fingerprint density at radius 2 is 2.00 bits per heavy atom. The van der Waals surface area contributed by atoms with Gasteiger partial charge in [0.2, 0.25) is 10.0 Å². The molecule has 0 aromatic heterocycles. The fraction of sp³-hybridized carbons (Fsp3) is 0.600. The zero-order valence-electron chi connectivity index (χ0n) is 13.3. The molecule has 0 saturated carbocycles. The molecular formula is C15H20Cl2N2O5S. The van der Waals surface area contributed by atoms with Gasteiger partial charge in [0.05, 0.1) is 22.4 Å². The normalized spacial score (nSPS) is 26.6. The van der Waals surface area contributed by atoms with Gasteiger partial charge in [0.15, 0.2) is 0 Å². The average molecular weight is 411 g/mol. The Balaban J connectivity index is 1.65. The van der Waals surface area contributed by atoms with Crippen LogP contribution in [0.1, 0.15) is 18.0 Å². The molecule has 2 atom stereocenters. The zero-order valence-corrected chi connectivity index (χ0v) is 15.6. The van der Waals surface area contributed by atoms with E-state index in [1.807, 2.05) is 0 Å². The molecule has 0 radical (unpaired) electrons. The monoisotopic (exact) mass is 410 g/mol. The van der Waals surface area contributed by atoms with Crippen LogP contribution in [-0.4, -0.2) is 65.6 Å². The van der Waals surface area contributed by atoms with Crippen LogP contribution in [0.5, 0.6) is 5.75 Å². The first kappa shape index (κ1) is 19.2. The first-order chi connectivity index (χ1) is 11.6. The van der Waals surface area contributed by atoms with Crippen LogP contribution in [0, 0.1) is 5.92 Å². The lowest BCUT2D eigenvalue weighted by Gasteiger charge is -2.44. The number of aliphatic hydroxyl groups excluding tert-OH is 1. The van der Waals surface area contributed by atoms with Crippen molar-refractivity contribution in [3.8, 4) is 5.75 Å². The van der Waals surface area contributed by atoms with Crippen molar-refractivity contribution >= 4 is 33.2 Å². The third kappa shape index (κ3) is 3.75. The maximum absolute atomic E-state index is 12.4. The van der Waals surface area contributed by atoms with E-state index in [9.17, 15) is 18.6 Å². The highest BCUT2D eigenvalue weighted by Crippen LogP contribution is 2.41. The Hall–Kier alpha value is -0.610. The predicted molar refractivity (Wildman–Crippen MR) is 94.4 cm³/mol. The van der Waals surface area contributed by atoms with Gasteiger partial charge in [-0.15, -0.1) is 0 Å². The van der Waals surface area contributed by atoms with Gasteiger partial charge >= 0.3 is 0 Å². The van der Waals surface area contributed by atoms with Crippen LogP contribution in [0.4, 0.5) is 0 Å². The molecular weight excluding hydrogens is 391 g/mol. The van der Waals surface area contributed by atoms with Gasteiger partial charge in [-0.1, -0.05) is 23.2 Å². The Morgan fingerprint density at radius 3 is 2.64 bits per heavy atom. The SMILES string of the molecule is O=S(=O)(C[C@H]1CN[C@@H](c2c(O)ccc(Cl)c2Cl)C1)N1CC(O)(CO)C1. The smallest absolute Gasteiger partial charge is 0.214 e. The van der Waals surface area contributed by atoms with Crippen molar-refractivity contribution in [1.29, 1.82) is 0 Å². The minimum Gasteiger partial charge on any atom is -0.508 e. The van der Waals surface area contributed by atoms with Gasteiger partial charge in [0, 0.05) is 24.7 Å². The first-order valence-corrected chi connectivity index (χ1v) is 10.2. The molecule has 2 aliphatic rings. The number of sulfonamides is 1. The van der Waals surface area contributed by atoms with E-state index in [4.69, 9.17) is 28.3 Å². The van der Waals surface area contributed by atoms with E-state index in [0.29, 0.717) is 23.6 Å². The second-order valence-electron chi connectivity index (χ2n) is 6.79. The number of phenolic OH excluding ortho intramolecular Hbond substituents is 1. The van der Waals surface area contributed by atoms with Gasteiger partial charge in [-0.05, 0) is 31.0 Å². The number of halogens is 2. The molecule has 1 aromatic rings. The number of hydrogen-bond acceptors (Lipinski definition) is 6. The van der Waals surface area contributed by atoms with Gasteiger partial charge in [-0.25, -0.2) is 8.42 Å². The van der Waals surface area contributed by atoms with Crippen molar-refractivity contribution in [2.45, 2.75) is 18.1 Å². The summed E-state index contributed by atoms with van der Waals surface area (Å²) in [6.07, 6.45) is 0.491. The number of β-amino-alcohol motifs (C(OH)–C–C–N with tert-alkyl or cyclic N) is 1. The summed E-state index contributed by atoms with van der Waals surface area (Å²) in [5.74, 6) is -0.213. The molecule has 25 heavy (non-hydrogen) atoms. The molecule has 0 amide bonds. The lowest BCUT2D eigenvalue weighted by molar-refractivity contribution is -0.0933. The molecule has 140 valence electrons. The number of phenols is 1. The van der Waals surface area contributed by atoms with Crippen molar-refractivity contribution in [1.82, 2.24) is 9.62 Å². The van der Waals surface area contributed by atoms with E-state index in [1.165, 1.54) is 16.4 Å². The zero-order chi connectivity index (χ0) is 18.4. The van der Waals surface area contributed by atoms with Crippen LogP contribution in [0.25, 0.3) is 0 Å². The van der Waals surface area contributed by atoms with Crippen LogP contribution in [0.15, 0.2) is 12.1 Å². The highest BCUT2D eigenvalue weighted by Gasteiger charge is 2.47. The molecule has 0 spiro atoms. The average Bonchev–Trinajstić information content (AvgIpc) is 2.95. The number of aliphatic hydroxyl groups is 2. The quantitative estimate of drug-likeness (QED) is 0.569. The van der Waals surface area contributed by atoms with Gasteiger partial charge in [0.25, 0.3) is 0 Å². The highest BCUT2D eigenvalue weighted by atomic mass is 35.5. The van der Waals surface area contributed by atoms with E-state index >= 15 is 0 Å². The van der Waals surface area contributed by atoms with Gasteiger partial charge in [0.1, 0.15) is 11.4 Å². The van der Waals surface area contributed by atoms with Crippen molar-refractivity contribution in [2.75, 3.05) is 32.0 Å². The largest absolute Gasteiger partial charge is 0.508 e. The fourth-order valence-corrected chi connectivity index (χ4v) is 5.74. The third-order valence-corrected chi connectivity index (χ3v) is 7.51. The maximum Gasteiger partial charge on any atom is 0.214 e. The fourth-order valence-electron chi connectivity index (χ4n) is 3.35. The number of benzene rings is 1. The Kier molecular flexibility index (Phi) is 5.25. The second kappa shape index (κ2) is 6.84. The lowest BCUT2D eigenvalue weighted by atomic mass is 9.99. The molecule has 2 heterocycles. The van der Waals surface area contributed by atoms with E-state index < -0.39 is 22.2 Å². The summed E-state index contributed by atoms with van der Waals surface area (Å²) in [6.45, 7) is -0.171. The van der Waals surface area contributed by atoms with Crippen molar-refractivity contribution in [3.05, 3.63) is 27.7 Å². The van der Waals surface area contributed by atoms with E-state index in [-0.39, 0.29) is 41.6 Å². The van der Waals surface area contributed by atoms with E-state index in [2.05, 4.69) is 5.32 Å². The van der Waals surface area contributed by atoms with Crippen LogP contribution in [-0.2, 0) is 10.0 Å². The molecule has 1 aromatic carbocycles. The molecule has 0 aliphatic carbocycles. The van der Waals surface area contributed by atoms with Gasteiger partial charge < -0.3 is 20.6 Å². The second-order valence-corrected chi connectivity index (χ2v) is 9.58. The van der Waals surface area contributed by atoms with Crippen molar-refractivity contribution in [2.24, 2.45) is 5.92 Å². The highest BCUT2D eigenvalue weighted by molar-refractivity contribution is 7.89. The minimum absolute atomic E-state index is 0.0196. The number of aromatic hydroxyl groups is 1. The molecule has 2 aliphatic heterocycles. The number of nitrogens with one attached hydrogen (secondary N) is 1. The van der Waals surface area contributed by atoms with E-state index in [0.717, 1.165) is 0 Å². The summed E-state index contributed by atoms with van der Waals surface area (Å²) in [5, 5.41) is 32.6. The molecule has 0 bridgehead atoms. The molecule has 10 heteroatoms. The number of hydrogen-bond donors (Lipinski definition) is 4. The molecule has 4 N–H and O–H groups in total. The third-order valence-electron chi connectivity index (χ3n) is 4.76. The Labute approximate surface area is 156 Å². The van der Waals surface area contributed by atoms with Crippen molar-refractivity contribution < 1.29 is 23.7 Å². The summed E-state index contributed by atoms with van der Waals surface area (Å²) < 4.78 is 26.0. The molecule has 2 fully saturated rings. The maximum atomic E-state index is 12.4. The molecule has 3 rings (SSSR count). The van der Waals surface area contributed by atoms with Gasteiger partial charge in [-0.3, -0.25) is 0 Å². The Morgan fingerprint density at radius 1 is 1.32 bits per heavy atom. The summed E-state index contributed by atoms with van der Waals surface area (Å²) >= 11 is 12.2. The number of nitrogens with zero attached hydrogens (tertiary/aromatic N) is 1. The van der Waals surface area contributed by atoms with Crippen LogP contribution >= 0.6 is 23.2 Å². The lowest BCUT2D eigenvalue weighted by Crippen LogP contribution is -2.65. The summed E-state index contributed by atoms with van der Waals surface area (Å²) in [6, 6.07) is 2.69. The first-order valence-electron chi connectivity index (χ1n) is 7.86. The van der Waals surface area contributed by atoms with Crippen LogP contribution in [0.2, 0.25) is 10.0 Å². The summed E-state index contributed by atoms with van der Waals surface area (Å²) in [4.78, 5) is 0. The van der Waals surface area contributed by atoms with Crippen molar-refractivity contribution in [3.63, 3.8) is 0 Å². The number of rotatable bonds is 5. The van der Waals surface area contributed by atoms with Gasteiger partial charge in [-0.2, -0.15) is 4.31 Å². The molecule has 0 unspecified atom stereocenters. The van der Waals surface area contributed by atoms with Crippen LogP contribution < -0.4 is 5.32 Å². The molecule has 7 nitrogen and oxygen atoms in total. The topological polar surface area (TPSA) is 110 Å².